The fraction of sp³-hybridized carbons (Fsp3) is 0.0833. The van der Waals surface area contributed by atoms with E-state index in [-0.39, 0.29) is 0 Å². The number of hydrogen-bond acceptors (Lipinski definition) is 6. The van der Waals surface area contributed by atoms with Crippen LogP contribution in [-0.4, -0.2) is 18.0 Å². The molecule has 0 aliphatic rings. The summed E-state index contributed by atoms with van der Waals surface area (Å²) in [4.78, 5) is 3.18. The standard InChI is InChI=1S/C12H3Cl4F3N4O3S/c13-7-5(8(14)10(16)6(9(7)15)12(17,18)19)11(27(24,25)26)23-4(2-21)3(22)1-20/h22H2,(H,24,25,26). The molecule has 0 aliphatic carbocycles. The van der Waals surface area contributed by atoms with Gasteiger partial charge < -0.3 is 5.73 Å². The van der Waals surface area contributed by atoms with Gasteiger partial charge in [0.2, 0.25) is 0 Å². The van der Waals surface area contributed by atoms with Gasteiger partial charge in [-0.2, -0.15) is 32.1 Å². The lowest BCUT2D eigenvalue weighted by atomic mass is 10.1. The second-order valence-corrected chi connectivity index (χ2v) is 7.23. The first kappa shape index (κ1) is 23.3. The normalized spacial score (nSPS) is 13.6. The van der Waals surface area contributed by atoms with Crippen molar-refractivity contribution in [3.8, 4) is 12.1 Å². The highest BCUT2D eigenvalue weighted by Gasteiger charge is 2.41. The van der Waals surface area contributed by atoms with E-state index >= 15 is 0 Å². The minimum atomic E-state index is -5.36. The number of nitrogens with two attached hydrogens (primary N) is 1. The summed E-state index contributed by atoms with van der Waals surface area (Å²) in [7, 11) is -5.36. The molecule has 0 bridgehead atoms. The van der Waals surface area contributed by atoms with E-state index < -0.39 is 63.9 Å². The van der Waals surface area contributed by atoms with Gasteiger partial charge in [-0.05, 0) is 0 Å². The van der Waals surface area contributed by atoms with Crippen LogP contribution in [0, 0.1) is 22.7 Å². The Balaban J connectivity index is 4.13. The van der Waals surface area contributed by atoms with E-state index in [0.717, 1.165) is 0 Å². The van der Waals surface area contributed by atoms with Crippen LogP contribution < -0.4 is 5.73 Å². The molecule has 0 radical (unpaired) electrons. The van der Waals surface area contributed by atoms with Crippen LogP contribution in [0.5, 0.6) is 0 Å². The lowest BCUT2D eigenvalue weighted by Gasteiger charge is -2.17. The number of benzene rings is 1. The van der Waals surface area contributed by atoms with Crippen LogP contribution in [0.3, 0.4) is 0 Å². The van der Waals surface area contributed by atoms with Crippen molar-refractivity contribution in [3.05, 3.63) is 42.6 Å². The summed E-state index contributed by atoms with van der Waals surface area (Å²) in [6.45, 7) is 0. The molecule has 0 saturated heterocycles. The fourth-order valence-corrected chi connectivity index (χ4v) is 3.64. The van der Waals surface area contributed by atoms with Crippen LogP contribution in [0.2, 0.25) is 20.1 Å². The number of rotatable bonds is 2. The number of nitrogens with zero attached hydrogens (tertiary/aromatic N) is 3. The molecule has 7 nitrogen and oxygen atoms in total. The highest BCUT2D eigenvalue weighted by atomic mass is 35.5. The van der Waals surface area contributed by atoms with Gasteiger partial charge in [0, 0.05) is 0 Å². The van der Waals surface area contributed by atoms with Crippen LogP contribution in [-0.2, 0) is 16.3 Å². The third-order valence-corrected chi connectivity index (χ3v) is 5.19. The van der Waals surface area contributed by atoms with Gasteiger partial charge in [0.1, 0.15) is 17.8 Å². The lowest BCUT2D eigenvalue weighted by Crippen LogP contribution is -2.19. The minimum absolute atomic E-state index is 0.866. The van der Waals surface area contributed by atoms with Crippen molar-refractivity contribution in [2.24, 2.45) is 10.7 Å². The SMILES string of the molecule is N#CC(N)=C(C#N)N=C(c1c(Cl)c(Cl)c(C(F)(F)F)c(Cl)c1Cl)S(=O)(=O)O. The van der Waals surface area contributed by atoms with Crippen LogP contribution in [0.15, 0.2) is 16.4 Å². The molecule has 144 valence electrons. The monoisotopic (exact) mass is 480 g/mol. The van der Waals surface area contributed by atoms with Crippen molar-refractivity contribution in [2.75, 3.05) is 0 Å². The van der Waals surface area contributed by atoms with Crippen molar-refractivity contribution in [1.82, 2.24) is 0 Å². The summed E-state index contributed by atoms with van der Waals surface area (Å²) in [6.07, 6.45) is -5.11. The van der Waals surface area contributed by atoms with Gasteiger partial charge in [-0.25, -0.2) is 4.99 Å². The van der Waals surface area contributed by atoms with Crippen molar-refractivity contribution in [1.29, 1.82) is 10.5 Å². The van der Waals surface area contributed by atoms with Crippen molar-refractivity contribution < 1.29 is 26.1 Å². The van der Waals surface area contributed by atoms with Crippen molar-refractivity contribution >= 4 is 61.6 Å². The Morgan fingerprint density at radius 1 is 1.04 bits per heavy atom. The van der Waals surface area contributed by atoms with Crippen LogP contribution in [0.4, 0.5) is 13.2 Å². The number of aliphatic imine (C=N–C) groups is 1. The fourth-order valence-electron chi connectivity index (χ4n) is 1.61. The lowest BCUT2D eigenvalue weighted by molar-refractivity contribution is -0.137. The largest absolute Gasteiger partial charge is 0.419 e. The van der Waals surface area contributed by atoms with Crippen LogP contribution in [0.25, 0.3) is 0 Å². The first-order valence-corrected chi connectivity index (χ1v) is 8.93. The number of allylic oxidation sites excluding steroid dienone is 2. The Morgan fingerprint density at radius 3 is 1.78 bits per heavy atom. The van der Waals surface area contributed by atoms with Crippen molar-refractivity contribution in [3.63, 3.8) is 0 Å². The summed E-state index contributed by atoms with van der Waals surface area (Å²) < 4.78 is 71.8. The number of nitriles is 2. The average Bonchev–Trinajstić information content (AvgIpc) is 2.53. The molecular formula is C12H3Cl4F3N4O3S. The van der Waals surface area contributed by atoms with Crippen LogP contribution >= 0.6 is 46.4 Å². The van der Waals surface area contributed by atoms with Gasteiger partial charge in [-0.3, -0.25) is 4.55 Å². The molecule has 0 aliphatic heterocycles. The zero-order chi connectivity index (χ0) is 21.3. The molecule has 1 aromatic rings. The molecule has 0 saturated carbocycles. The van der Waals surface area contributed by atoms with E-state index in [1.165, 1.54) is 12.1 Å². The highest BCUT2D eigenvalue weighted by molar-refractivity contribution is 8.02. The van der Waals surface area contributed by atoms with E-state index in [2.05, 4.69) is 4.99 Å². The van der Waals surface area contributed by atoms with E-state index in [9.17, 15) is 26.1 Å². The van der Waals surface area contributed by atoms with Gasteiger partial charge in [0.25, 0.3) is 0 Å². The van der Waals surface area contributed by atoms with Gasteiger partial charge in [0.05, 0.1) is 31.2 Å². The van der Waals surface area contributed by atoms with Gasteiger partial charge >= 0.3 is 16.3 Å². The Kier molecular flexibility index (Phi) is 7.00. The average molecular weight is 482 g/mol. The number of alkyl halides is 3. The molecule has 1 aromatic carbocycles. The Hall–Kier alpha value is -1.73. The zero-order valence-electron chi connectivity index (χ0n) is 12.2. The van der Waals surface area contributed by atoms with Crippen LogP contribution in [0.1, 0.15) is 11.1 Å². The van der Waals surface area contributed by atoms with Gasteiger partial charge in [-0.1, -0.05) is 46.4 Å². The molecule has 3 N–H and O–H groups in total. The van der Waals surface area contributed by atoms with E-state index in [0.29, 0.717) is 0 Å². The highest BCUT2D eigenvalue weighted by Crippen LogP contribution is 2.48. The van der Waals surface area contributed by atoms with E-state index in [1.807, 2.05) is 0 Å². The Morgan fingerprint density at radius 2 is 1.48 bits per heavy atom. The van der Waals surface area contributed by atoms with E-state index in [4.69, 9.17) is 62.7 Å². The molecule has 0 aromatic heterocycles. The predicted molar refractivity (Wildman–Crippen MR) is 92.0 cm³/mol. The summed E-state index contributed by atoms with van der Waals surface area (Å²) in [5.74, 6) is 0. The molecule has 0 unspecified atom stereocenters. The molecule has 27 heavy (non-hydrogen) atoms. The number of hydrogen-bond donors (Lipinski definition) is 2. The molecule has 0 amide bonds. The third-order valence-electron chi connectivity index (χ3n) is 2.70. The first-order chi connectivity index (χ1) is 12.2. The predicted octanol–water partition coefficient (Wildman–Crippen LogP) is 4.17. The first-order valence-electron chi connectivity index (χ1n) is 5.98. The summed E-state index contributed by atoms with van der Waals surface area (Å²) in [5.41, 5.74) is 0.613. The zero-order valence-corrected chi connectivity index (χ0v) is 16.1. The Labute approximate surface area is 169 Å². The maximum atomic E-state index is 13.1. The van der Waals surface area contributed by atoms with Crippen molar-refractivity contribution in [2.45, 2.75) is 6.18 Å². The minimum Gasteiger partial charge on any atom is -0.388 e. The maximum Gasteiger partial charge on any atom is 0.419 e. The summed E-state index contributed by atoms with van der Waals surface area (Å²) >= 11 is 22.5. The molecule has 0 spiro atoms. The maximum absolute atomic E-state index is 13.1. The smallest absolute Gasteiger partial charge is 0.388 e. The molecule has 0 fully saturated rings. The topological polar surface area (TPSA) is 140 Å². The molecule has 0 atom stereocenters. The van der Waals surface area contributed by atoms with Gasteiger partial charge in [0.15, 0.2) is 10.7 Å². The molecular weight excluding hydrogens is 479 g/mol. The van der Waals surface area contributed by atoms with Gasteiger partial charge in [-0.15, -0.1) is 0 Å². The molecule has 1 rings (SSSR count). The second kappa shape index (κ2) is 8.10. The third kappa shape index (κ3) is 4.76. The number of halogens is 7. The quantitative estimate of drug-likeness (QED) is 0.213. The van der Waals surface area contributed by atoms with E-state index in [1.54, 1.807) is 0 Å². The molecule has 15 heteroatoms. The second-order valence-electron chi connectivity index (χ2n) is 4.38. The summed E-state index contributed by atoms with van der Waals surface area (Å²) in [5, 5.41) is 11.4. The molecule has 0 heterocycles. The Bertz CT molecular complexity index is 1040. The summed E-state index contributed by atoms with van der Waals surface area (Å²) in [6, 6.07) is 2.56.